The summed E-state index contributed by atoms with van der Waals surface area (Å²) >= 11 is 0. The number of rotatable bonds is 3. The number of nitrogens with one attached hydrogen (secondary N) is 1. The monoisotopic (exact) mass is 331 g/mol. The van der Waals surface area contributed by atoms with Crippen LogP contribution in [0.3, 0.4) is 0 Å². The van der Waals surface area contributed by atoms with Gasteiger partial charge in [0.05, 0.1) is 0 Å². The van der Waals surface area contributed by atoms with Crippen LogP contribution in [-0.4, -0.2) is 15.4 Å². The molecule has 0 atom stereocenters. The predicted molar refractivity (Wildman–Crippen MR) is 85.4 cm³/mol. The van der Waals surface area contributed by atoms with Crippen molar-refractivity contribution < 1.29 is 17.1 Å². The molecule has 3 nitrogen and oxygen atoms in total. The molecule has 22 heavy (non-hydrogen) atoms. The Morgan fingerprint density at radius 3 is 2.41 bits per heavy atom. The molecule has 0 aliphatic carbocycles. The number of para-hydroxylation sites is 1. The standard InChI is InChI=1S/C13H12N3.C5H5.Fe/c1-2-5-10(4-1)8-9-11-6-3-7-12-13(11)15-16-14-12;1-2-4-5-3-1;/h1-7H,8-9H2,(H,14,15,16);1-5H;/q2*-1;+2. The molecule has 4 aromatic rings. The summed E-state index contributed by atoms with van der Waals surface area (Å²) in [5, 5.41) is 10.9. The van der Waals surface area contributed by atoms with E-state index in [1.54, 1.807) is 0 Å². The molecule has 1 N–H and O–H groups in total. The average molecular weight is 331 g/mol. The molecule has 0 radical (unpaired) electrons. The van der Waals surface area contributed by atoms with Gasteiger partial charge in [0.15, 0.2) is 0 Å². The van der Waals surface area contributed by atoms with E-state index in [1.165, 1.54) is 11.1 Å². The first kappa shape index (κ1) is 16.2. The molecule has 4 rings (SSSR count). The summed E-state index contributed by atoms with van der Waals surface area (Å²) in [7, 11) is 0. The summed E-state index contributed by atoms with van der Waals surface area (Å²) in [6.45, 7) is 0. The molecule has 1 aromatic heterocycles. The molecule has 0 aliphatic rings. The third-order valence-electron chi connectivity index (χ3n) is 3.40. The number of aromatic amines is 1. The molecule has 0 unspecified atom stereocenters. The minimum Gasteiger partial charge on any atom is -0.214 e. The van der Waals surface area contributed by atoms with Crippen LogP contribution in [0.15, 0.2) is 72.8 Å². The molecule has 4 heteroatoms. The fourth-order valence-electron chi connectivity index (χ4n) is 2.31. The second-order valence-corrected chi connectivity index (χ2v) is 4.86. The largest absolute Gasteiger partial charge is 2.00 e. The van der Waals surface area contributed by atoms with Gasteiger partial charge in [-0.2, -0.15) is 51.3 Å². The fraction of sp³-hybridized carbons (Fsp3) is 0.111. The van der Waals surface area contributed by atoms with Crippen LogP contribution < -0.4 is 0 Å². The van der Waals surface area contributed by atoms with E-state index >= 15 is 0 Å². The van der Waals surface area contributed by atoms with Gasteiger partial charge in [0.25, 0.3) is 0 Å². The van der Waals surface area contributed by atoms with Crippen molar-refractivity contribution >= 4 is 11.0 Å². The van der Waals surface area contributed by atoms with Crippen molar-refractivity contribution in [3.05, 3.63) is 83.9 Å². The van der Waals surface area contributed by atoms with Gasteiger partial charge in [-0.1, -0.05) is 18.6 Å². The quantitative estimate of drug-likeness (QED) is 0.457. The van der Waals surface area contributed by atoms with Gasteiger partial charge in [-0.15, -0.1) is 0 Å². The summed E-state index contributed by atoms with van der Waals surface area (Å²) in [6, 6.07) is 24.6. The van der Waals surface area contributed by atoms with Crippen LogP contribution in [0.2, 0.25) is 0 Å². The van der Waals surface area contributed by atoms with Crippen LogP contribution in [0.5, 0.6) is 0 Å². The molecule has 112 valence electrons. The van der Waals surface area contributed by atoms with Gasteiger partial charge in [-0.3, -0.25) is 0 Å². The van der Waals surface area contributed by atoms with Gasteiger partial charge in [-0.05, 0) is 18.1 Å². The zero-order valence-corrected chi connectivity index (χ0v) is 13.2. The minimum absolute atomic E-state index is 0. The number of aryl methyl sites for hydroxylation is 2. The number of hydrogen-bond donors (Lipinski definition) is 1. The summed E-state index contributed by atoms with van der Waals surface area (Å²) in [4.78, 5) is 0. The van der Waals surface area contributed by atoms with E-state index in [0.717, 1.165) is 23.9 Å². The zero-order valence-electron chi connectivity index (χ0n) is 12.1. The maximum Gasteiger partial charge on any atom is 2.00 e. The number of aromatic nitrogens is 3. The van der Waals surface area contributed by atoms with Crippen molar-refractivity contribution in [1.29, 1.82) is 0 Å². The maximum atomic E-state index is 4.18. The van der Waals surface area contributed by atoms with Crippen molar-refractivity contribution in [2.45, 2.75) is 12.8 Å². The molecular weight excluding hydrogens is 314 g/mol. The molecule has 3 aromatic carbocycles. The van der Waals surface area contributed by atoms with E-state index in [1.807, 2.05) is 42.5 Å². The Bertz CT molecular complexity index is 737. The van der Waals surface area contributed by atoms with Crippen LogP contribution in [-0.2, 0) is 29.9 Å². The smallest absolute Gasteiger partial charge is 0.214 e. The molecule has 0 saturated heterocycles. The van der Waals surface area contributed by atoms with Gasteiger partial charge in [-0.25, -0.2) is 24.3 Å². The molecule has 0 aliphatic heterocycles. The molecule has 0 amide bonds. The SMILES string of the molecule is [Fe+2].c1cc(CC[c-]2cccc2)c2n[nH]nc2c1.c1cc[cH-]c1. The van der Waals surface area contributed by atoms with Crippen molar-refractivity contribution in [3.8, 4) is 0 Å². The van der Waals surface area contributed by atoms with Crippen LogP contribution in [0, 0.1) is 0 Å². The summed E-state index contributed by atoms with van der Waals surface area (Å²) in [5.41, 5.74) is 4.57. The second kappa shape index (κ2) is 8.32. The van der Waals surface area contributed by atoms with Crippen molar-refractivity contribution in [3.63, 3.8) is 0 Å². The topological polar surface area (TPSA) is 41.6 Å². The summed E-state index contributed by atoms with van der Waals surface area (Å²) in [5.74, 6) is 0. The van der Waals surface area contributed by atoms with Crippen molar-refractivity contribution in [2.75, 3.05) is 0 Å². The fourth-order valence-corrected chi connectivity index (χ4v) is 2.31. The van der Waals surface area contributed by atoms with Crippen LogP contribution >= 0.6 is 0 Å². The minimum atomic E-state index is 0. The van der Waals surface area contributed by atoms with Crippen LogP contribution in [0.4, 0.5) is 0 Å². The van der Waals surface area contributed by atoms with Gasteiger partial charge >= 0.3 is 17.1 Å². The maximum absolute atomic E-state index is 4.18. The van der Waals surface area contributed by atoms with E-state index in [0.29, 0.717) is 0 Å². The van der Waals surface area contributed by atoms with Gasteiger partial charge in [0.2, 0.25) is 0 Å². The van der Waals surface area contributed by atoms with E-state index in [9.17, 15) is 0 Å². The first-order valence-electron chi connectivity index (χ1n) is 7.09. The van der Waals surface area contributed by atoms with Crippen LogP contribution in [0.25, 0.3) is 11.0 Å². The van der Waals surface area contributed by atoms with Gasteiger partial charge < -0.3 is 0 Å². The van der Waals surface area contributed by atoms with E-state index in [-0.39, 0.29) is 17.1 Å². The first-order valence-corrected chi connectivity index (χ1v) is 7.09. The Kier molecular flexibility index (Phi) is 6.13. The Morgan fingerprint density at radius 1 is 0.955 bits per heavy atom. The van der Waals surface area contributed by atoms with E-state index in [2.05, 4.69) is 45.7 Å². The molecule has 0 fully saturated rings. The number of nitrogens with zero attached hydrogens (tertiary/aromatic N) is 2. The molecular formula is C18H17FeN3. The normalized spacial score (nSPS) is 9.82. The van der Waals surface area contributed by atoms with Crippen molar-refractivity contribution in [2.24, 2.45) is 0 Å². The Labute approximate surface area is 140 Å². The van der Waals surface area contributed by atoms with E-state index < -0.39 is 0 Å². The molecule has 0 saturated carbocycles. The Morgan fingerprint density at radius 2 is 1.73 bits per heavy atom. The number of hydrogen-bond acceptors (Lipinski definition) is 2. The third-order valence-corrected chi connectivity index (χ3v) is 3.40. The Balaban J connectivity index is 0.000000253. The molecule has 0 bridgehead atoms. The van der Waals surface area contributed by atoms with Crippen LogP contribution in [0.1, 0.15) is 11.1 Å². The Hall–Kier alpha value is -2.16. The zero-order chi connectivity index (χ0) is 14.3. The second-order valence-electron chi connectivity index (χ2n) is 4.86. The first-order chi connectivity index (χ1) is 10.4. The molecule has 0 spiro atoms. The number of benzene rings is 1. The summed E-state index contributed by atoms with van der Waals surface area (Å²) in [6.07, 6.45) is 2.06. The number of H-pyrrole nitrogens is 1. The predicted octanol–water partition coefficient (Wildman–Crippen LogP) is 3.87. The van der Waals surface area contributed by atoms with E-state index in [4.69, 9.17) is 0 Å². The number of fused-ring (bicyclic) bond motifs is 1. The van der Waals surface area contributed by atoms with Gasteiger partial charge in [0, 0.05) is 0 Å². The molecule has 1 heterocycles. The van der Waals surface area contributed by atoms with Crippen molar-refractivity contribution in [1.82, 2.24) is 15.4 Å². The summed E-state index contributed by atoms with van der Waals surface area (Å²) < 4.78 is 0. The van der Waals surface area contributed by atoms with Gasteiger partial charge in [0.1, 0.15) is 11.0 Å². The average Bonchev–Trinajstić information content (AvgIpc) is 3.28. The third kappa shape index (κ3) is 4.17.